The molecule has 1 heterocycles. The monoisotopic (exact) mass is 201 g/mol. The van der Waals surface area contributed by atoms with Gasteiger partial charge in [0, 0.05) is 25.8 Å². The van der Waals surface area contributed by atoms with Gasteiger partial charge in [-0.3, -0.25) is 4.90 Å². The summed E-state index contributed by atoms with van der Waals surface area (Å²) in [6, 6.07) is 9.11. The fraction of sp³-hybridized carbons (Fsp3) is 0.273. The lowest BCUT2D eigenvalue weighted by atomic mass is 10.2. The molecule has 0 saturated carbocycles. The summed E-state index contributed by atoms with van der Waals surface area (Å²) < 4.78 is 0. The minimum absolute atomic E-state index is 0.0136. The van der Waals surface area contributed by atoms with Gasteiger partial charge in [-0.05, 0) is 24.3 Å². The predicted molar refractivity (Wildman–Crippen MR) is 56.5 cm³/mol. The van der Waals surface area contributed by atoms with E-state index in [9.17, 15) is 4.79 Å². The molecule has 2 rings (SSSR count). The van der Waals surface area contributed by atoms with E-state index in [1.807, 2.05) is 0 Å². The smallest absolute Gasteiger partial charge is 0.324 e. The first-order valence-electron chi connectivity index (χ1n) is 4.75. The van der Waals surface area contributed by atoms with E-state index in [2.05, 4.69) is 6.07 Å². The second-order valence-electron chi connectivity index (χ2n) is 3.51. The van der Waals surface area contributed by atoms with E-state index in [4.69, 9.17) is 5.26 Å². The number of amides is 2. The van der Waals surface area contributed by atoms with E-state index in [0.29, 0.717) is 12.1 Å². The number of hydrogen-bond donors (Lipinski definition) is 0. The number of hydrogen-bond acceptors (Lipinski definition) is 2. The molecule has 1 aromatic rings. The zero-order valence-corrected chi connectivity index (χ0v) is 8.47. The molecule has 0 unspecified atom stereocenters. The highest BCUT2D eigenvalue weighted by Crippen LogP contribution is 2.19. The lowest BCUT2D eigenvalue weighted by Crippen LogP contribution is -2.29. The number of urea groups is 1. The van der Waals surface area contributed by atoms with E-state index in [-0.39, 0.29) is 6.03 Å². The Kier molecular flexibility index (Phi) is 2.30. The molecule has 0 atom stereocenters. The number of benzene rings is 1. The molecule has 2 amide bonds. The SMILES string of the molecule is CN1CCN(c2ccc(C#N)cc2)C1=O. The molecule has 0 aromatic heterocycles. The third-order valence-electron chi connectivity index (χ3n) is 2.52. The number of anilines is 1. The maximum absolute atomic E-state index is 11.6. The van der Waals surface area contributed by atoms with Gasteiger partial charge in [0.2, 0.25) is 0 Å². The van der Waals surface area contributed by atoms with Crippen molar-refractivity contribution in [1.82, 2.24) is 4.90 Å². The van der Waals surface area contributed by atoms with Crippen LogP contribution in [0.25, 0.3) is 0 Å². The molecule has 0 bridgehead atoms. The van der Waals surface area contributed by atoms with Gasteiger partial charge >= 0.3 is 6.03 Å². The zero-order chi connectivity index (χ0) is 10.8. The highest BCUT2D eigenvalue weighted by atomic mass is 16.2. The van der Waals surface area contributed by atoms with Crippen LogP contribution in [0.4, 0.5) is 10.5 Å². The minimum Gasteiger partial charge on any atom is -0.326 e. The number of carbonyl (C=O) groups is 1. The van der Waals surface area contributed by atoms with Crippen LogP contribution in [0.15, 0.2) is 24.3 Å². The minimum atomic E-state index is 0.0136. The van der Waals surface area contributed by atoms with Crippen LogP contribution in [-0.4, -0.2) is 31.1 Å². The molecular weight excluding hydrogens is 190 g/mol. The molecular formula is C11H11N3O. The van der Waals surface area contributed by atoms with Gasteiger partial charge in [-0.15, -0.1) is 0 Å². The van der Waals surface area contributed by atoms with E-state index < -0.39 is 0 Å². The third kappa shape index (κ3) is 1.64. The fourth-order valence-electron chi connectivity index (χ4n) is 1.60. The summed E-state index contributed by atoms with van der Waals surface area (Å²) in [6.07, 6.45) is 0. The first-order chi connectivity index (χ1) is 7.22. The Labute approximate surface area is 88.3 Å². The van der Waals surface area contributed by atoms with Crippen molar-refractivity contribution in [1.29, 1.82) is 5.26 Å². The third-order valence-corrected chi connectivity index (χ3v) is 2.52. The Morgan fingerprint density at radius 1 is 1.27 bits per heavy atom. The lowest BCUT2D eigenvalue weighted by molar-refractivity contribution is 0.229. The topological polar surface area (TPSA) is 47.3 Å². The van der Waals surface area contributed by atoms with Crippen molar-refractivity contribution >= 4 is 11.7 Å². The van der Waals surface area contributed by atoms with Crippen LogP contribution in [0.5, 0.6) is 0 Å². The predicted octanol–water partition coefficient (Wildman–Crippen LogP) is 1.43. The standard InChI is InChI=1S/C11H11N3O/c1-13-6-7-14(11(13)15)10-4-2-9(8-12)3-5-10/h2-5H,6-7H2,1H3. The van der Waals surface area contributed by atoms with Crippen molar-refractivity contribution in [2.24, 2.45) is 0 Å². The Bertz CT molecular complexity index is 418. The van der Waals surface area contributed by atoms with Crippen molar-refractivity contribution in [3.63, 3.8) is 0 Å². The van der Waals surface area contributed by atoms with Crippen LogP contribution in [-0.2, 0) is 0 Å². The van der Waals surface area contributed by atoms with Gasteiger partial charge in [0.25, 0.3) is 0 Å². The number of likely N-dealkylation sites (N-methyl/N-ethyl adjacent to an activating group) is 1. The van der Waals surface area contributed by atoms with Crippen LogP contribution in [0.2, 0.25) is 0 Å². The van der Waals surface area contributed by atoms with Crippen molar-refractivity contribution in [3.8, 4) is 6.07 Å². The molecule has 4 heteroatoms. The summed E-state index contributed by atoms with van der Waals surface area (Å²) >= 11 is 0. The van der Waals surface area contributed by atoms with Gasteiger partial charge in [0.05, 0.1) is 11.6 Å². The molecule has 0 spiro atoms. The highest BCUT2D eigenvalue weighted by Gasteiger charge is 2.26. The van der Waals surface area contributed by atoms with Gasteiger partial charge in [-0.1, -0.05) is 0 Å². The average molecular weight is 201 g/mol. The molecule has 1 aliphatic rings. The van der Waals surface area contributed by atoms with Crippen molar-refractivity contribution in [3.05, 3.63) is 29.8 Å². The molecule has 1 aromatic carbocycles. The fourth-order valence-corrected chi connectivity index (χ4v) is 1.60. The number of nitriles is 1. The van der Waals surface area contributed by atoms with Gasteiger partial charge < -0.3 is 4.90 Å². The number of rotatable bonds is 1. The Morgan fingerprint density at radius 2 is 1.93 bits per heavy atom. The van der Waals surface area contributed by atoms with Crippen molar-refractivity contribution in [2.45, 2.75) is 0 Å². The molecule has 1 fully saturated rings. The van der Waals surface area contributed by atoms with Gasteiger partial charge in [-0.25, -0.2) is 4.79 Å². The summed E-state index contributed by atoms with van der Waals surface area (Å²) in [5.41, 5.74) is 1.46. The van der Waals surface area contributed by atoms with E-state index >= 15 is 0 Å². The van der Waals surface area contributed by atoms with Crippen LogP contribution >= 0.6 is 0 Å². The molecule has 1 saturated heterocycles. The van der Waals surface area contributed by atoms with Crippen molar-refractivity contribution in [2.75, 3.05) is 25.0 Å². The van der Waals surface area contributed by atoms with Crippen LogP contribution in [0.1, 0.15) is 5.56 Å². The second kappa shape index (κ2) is 3.62. The maximum Gasteiger partial charge on any atom is 0.324 e. The zero-order valence-electron chi connectivity index (χ0n) is 8.47. The normalized spacial score (nSPS) is 15.6. The molecule has 15 heavy (non-hydrogen) atoms. The lowest BCUT2D eigenvalue weighted by Gasteiger charge is -2.15. The first kappa shape index (κ1) is 9.53. The Hall–Kier alpha value is -2.02. The van der Waals surface area contributed by atoms with Crippen LogP contribution < -0.4 is 4.90 Å². The molecule has 0 radical (unpaired) electrons. The molecule has 76 valence electrons. The summed E-state index contributed by atoms with van der Waals surface area (Å²) in [5.74, 6) is 0. The first-order valence-corrected chi connectivity index (χ1v) is 4.75. The largest absolute Gasteiger partial charge is 0.326 e. The summed E-state index contributed by atoms with van der Waals surface area (Å²) in [7, 11) is 1.78. The second-order valence-corrected chi connectivity index (χ2v) is 3.51. The highest BCUT2D eigenvalue weighted by molar-refractivity contribution is 5.93. The van der Waals surface area contributed by atoms with Gasteiger partial charge in [0.1, 0.15) is 0 Å². The van der Waals surface area contributed by atoms with Crippen molar-refractivity contribution < 1.29 is 4.79 Å². The van der Waals surface area contributed by atoms with Gasteiger partial charge in [-0.2, -0.15) is 5.26 Å². The maximum atomic E-state index is 11.6. The molecule has 4 nitrogen and oxygen atoms in total. The quantitative estimate of drug-likeness (QED) is 0.690. The Balaban J connectivity index is 2.24. The van der Waals surface area contributed by atoms with Gasteiger partial charge in [0.15, 0.2) is 0 Å². The number of nitrogens with zero attached hydrogens (tertiary/aromatic N) is 3. The average Bonchev–Trinajstić information content (AvgIpc) is 2.60. The van der Waals surface area contributed by atoms with Crippen LogP contribution in [0, 0.1) is 11.3 Å². The number of carbonyl (C=O) groups excluding carboxylic acids is 1. The molecule has 1 aliphatic heterocycles. The van der Waals surface area contributed by atoms with E-state index in [1.165, 1.54) is 0 Å². The van der Waals surface area contributed by atoms with E-state index in [0.717, 1.165) is 12.2 Å². The van der Waals surface area contributed by atoms with E-state index in [1.54, 1.807) is 41.1 Å². The molecule has 0 N–H and O–H groups in total. The van der Waals surface area contributed by atoms with Crippen LogP contribution in [0.3, 0.4) is 0 Å². The summed E-state index contributed by atoms with van der Waals surface area (Å²) in [6.45, 7) is 1.46. The summed E-state index contributed by atoms with van der Waals surface area (Å²) in [4.78, 5) is 15.0. The summed E-state index contributed by atoms with van der Waals surface area (Å²) in [5, 5.41) is 8.65. The Morgan fingerprint density at radius 3 is 2.40 bits per heavy atom. The molecule has 0 aliphatic carbocycles.